The van der Waals surface area contributed by atoms with Crippen molar-refractivity contribution in [3.8, 4) is 0 Å². The molecule has 5 heteroatoms. The van der Waals surface area contributed by atoms with Gasteiger partial charge in [0, 0.05) is 0 Å². The molecule has 0 radical (unpaired) electrons. The van der Waals surface area contributed by atoms with E-state index in [9.17, 15) is 9.59 Å². The largest absolute Gasteiger partial charge is 0.466 e. The molecule has 5 nitrogen and oxygen atoms in total. The Hall–Kier alpha value is -2.56. The van der Waals surface area contributed by atoms with Crippen LogP contribution in [0, 0.1) is 13.8 Å². The summed E-state index contributed by atoms with van der Waals surface area (Å²) >= 11 is 0. The Kier molecular flexibility index (Phi) is 4.99. The van der Waals surface area contributed by atoms with Gasteiger partial charge >= 0.3 is 5.97 Å². The molecule has 1 amide bonds. The monoisotopic (exact) mass is 301 g/mol. The molecule has 2 aromatic rings. The van der Waals surface area contributed by atoms with Crippen molar-refractivity contribution in [1.29, 1.82) is 0 Å². The normalized spacial score (nSPS) is 11.8. The van der Waals surface area contributed by atoms with Crippen LogP contribution in [0.5, 0.6) is 0 Å². The Bertz CT molecular complexity index is 661. The topological polar surface area (TPSA) is 68.5 Å². The van der Waals surface area contributed by atoms with E-state index in [1.165, 1.54) is 0 Å². The van der Waals surface area contributed by atoms with Crippen LogP contribution in [-0.2, 0) is 9.53 Å². The standard InChI is InChI=1S/C17H19NO4/c1-11-9-15(13(3)22-11)17(20)21-10-16(19)18-12(2)14-7-5-4-6-8-14/h4-9,12H,10H2,1-3H3,(H,18,19)/t12-/m1/s1. The fourth-order valence-electron chi connectivity index (χ4n) is 2.15. The van der Waals surface area contributed by atoms with Gasteiger partial charge in [-0.2, -0.15) is 0 Å². The van der Waals surface area contributed by atoms with Crippen LogP contribution >= 0.6 is 0 Å². The molecule has 0 bridgehead atoms. The summed E-state index contributed by atoms with van der Waals surface area (Å²) < 4.78 is 10.3. The second-order valence-corrected chi connectivity index (χ2v) is 5.10. The van der Waals surface area contributed by atoms with E-state index in [4.69, 9.17) is 9.15 Å². The second-order valence-electron chi connectivity index (χ2n) is 5.10. The predicted molar refractivity (Wildman–Crippen MR) is 81.5 cm³/mol. The van der Waals surface area contributed by atoms with Crippen molar-refractivity contribution in [3.05, 3.63) is 59.0 Å². The molecule has 1 aromatic carbocycles. The molecule has 0 spiro atoms. The van der Waals surface area contributed by atoms with E-state index in [2.05, 4.69) is 5.32 Å². The van der Waals surface area contributed by atoms with Crippen molar-refractivity contribution in [2.45, 2.75) is 26.8 Å². The minimum absolute atomic E-state index is 0.148. The van der Waals surface area contributed by atoms with Gasteiger partial charge in [0.25, 0.3) is 5.91 Å². The highest BCUT2D eigenvalue weighted by Gasteiger charge is 2.17. The van der Waals surface area contributed by atoms with Crippen molar-refractivity contribution in [3.63, 3.8) is 0 Å². The van der Waals surface area contributed by atoms with Gasteiger partial charge < -0.3 is 14.5 Å². The molecule has 22 heavy (non-hydrogen) atoms. The quantitative estimate of drug-likeness (QED) is 0.862. The number of esters is 1. The smallest absolute Gasteiger partial charge is 0.342 e. The number of amides is 1. The second kappa shape index (κ2) is 6.93. The summed E-state index contributed by atoms with van der Waals surface area (Å²) in [6.07, 6.45) is 0. The molecular formula is C17H19NO4. The third-order valence-corrected chi connectivity index (χ3v) is 3.27. The zero-order chi connectivity index (χ0) is 16.1. The first-order valence-corrected chi connectivity index (χ1v) is 7.06. The molecule has 0 unspecified atom stereocenters. The van der Waals surface area contributed by atoms with E-state index < -0.39 is 5.97 Å². The number of aryl methyl sites for hydroxylation is 2. The lowest BCUT2D eigenvalue weighted by atomic mass is 10.1. The van der Waals surface area contributed by atoms with Crippen molar-refractivity contribution < 1.29 is 18.7 Å². The molecule has 0 fully saturated rings. The van der Waals surface area contributed by atoms with Gasteiger partial charge in [-0.3, -0.25) is 4.79 Å². The van der Waals surface area contributed by atoms with E-state index in [1.807, 2.05) is 37.3 Å². The first-order valence-electron chi connectivity index (χ1n) is 7.06. The Morgan fingerprint density at radius 1 is 1.23 bits per heavy atom. The van der Waals surface area contributed by atoms with Gasteiger partial charge in [0.1, 0.15) is 17.1 Å². The van der Waals surface area contributed by atoms with Crippen LogP contribution in [-0.4, -0.2) is 18.5 Å². The third-order valence-electron chi connectivity index (χ3n) is 3.27. The lowest BCUT2D eigenvalue weighted by molar-refractivity contribution is -0.124. The van der Waals surface area contributed by atoms with Gasteiger partial charge in [-0.05, 0) is 32.4 Å². The van der Waals surface area contributed by atoms with Crippen molar-refractivity contribution in [1.82, 2.24) is 5.32 Å². The summed E-state index contributed by atoms with van der Waals surface area (Å²) in [5, 5.41) is 2.78. The van der Waals surface area contributed by atoms with Crippen molar-refractivity contribution >= 4 is 11.9 Å². The maximum atomic E-state index is 11.9. The zero-order valence-corrected chi connectivity index (χ0v) is 12.9. The average Bonchev–Trinajstić information content (AvgIpc) is 2.84. The zero-order valence-electron chi connectivity index (χ0n) is 12.9. The molecule has 0 aliphatic rings. The molecule has 0 aliphatic heterocycles. The molecule has 1 N–H and O–H groups in total. The van der Waals surface area contributed by atoms with Crippen LogP contribution in [0.3, 0.4) is 0 Å². The number of carbonyl (C=O) groups is 2. The first kappa shape index (κ1) is 15.8. The van der Waals surface area contributed by atoms with Crippen LogP contribution in [0.25, 0.3) is 0 Å². The van der Waals surface area contributed by atoms with Gasteiger partial charge in [0.2, 0.25) is 0 Å². The minimum Gasteiger partial charge on any atom is -0.466 e. The molecular weight excluding hydrogens is 282 g/mol. The number of carbonyl (C=O) groups excluding carboxylic acids is 2. The number of nitrogens with one attached hydrogen (secondary N) is 1. The van der Waals surface area contributed by atoms with Crippen molar-refractivity contribution in [2.75, 3.05) is 6.61 Å². The van der Waals surface area contributed by atoms with Crippen LogP contribution in [0.15, 0.2) is 40.8 Å². The molecule has 0 saturated carbocycles. The highest BCUT2D eigenvalue weighted by molar-refractivity contribution is 5.92. The highest BCUT2D eigenvalue weighted by atomic mass is 16.5. The number of furan rings is 1. The molecule has 1 heterocycles. The lowest BCUT2D eigenvalue weighted by Gasteiger charge is -2.14. The number of rotatable bonds is 5. The Morgan fingerprint density at radius 3 is 2.50 bits per heavy atom. The number of hydrogen-bond donors (Lipinski definition) is 1. The number of hydrogen-bond acceptors (Lipinski definition) is 4. The molecule has 0 aliphatic carbocycles. The van der Waals surface area contributed by atoms with Crippen LogP contribution in [0.4, 0.5) is 0 Å². The molecule has 2 rings (SSSR count). The van der Waals surface area contributed by atoms with Crippen molar-refractivity contribution in [2.24, 2.45) is 0 Å². The molecule has 116 valence electrons. The van der Waals surface area contributed by atoms with E-state index in [0.717, 1.165) is 5.56 Å². The summed E-state index contributed by atoms with van der Waals surface area (Å²) in [6, 6.07) is 11.0. The maximum Gasteiger partial charge on any atom is 0.342 e. The summed E-state index contributed by atoms with van der Waals surface area (Å²) in [5.41, 5.74) is 1.34. The van der Waals surface area contributed by atoms with E-state index >= 15 is 0 Å². The van der Waals surface area contributed by atoms with E-state index in [1.54, 1.807) is 19.9 Å². The highest BCUT2D eigenvalue weighted by Crippen LogP contribution is 2.15. The number of ether oxygens (including phenoxy) is 1. The molecule has 1 aromatic heterocycles. The van der Waals surface area contributed by atoms with E-state index in [0.29, 0.717) is 17.1 Å². The maximum absolute atomic E-state index is 11.9. The lowest BCUT2D eigenvalue weighted by Crippen LogP contribution is -2.31. The summed E-state index contributed by atoms with van der Waals surface area (Å²) in [5.74, 6) is 0.214. The first-order chi connectivity index (χ1) is 10.5. The van der Waals surface area contributed by atoms with Gasteiger partial charge in [0.15, 0.2) is 6.61 Å². The predicted octanol–water partition coefficient (Wildman–Crippen LogP) is 2.93. The summed E-state index contributed by atoms with van der Waals surface area (Å²) in [6.45, 7) is 4.98. The number of benzene rings is 1. The third kappa shape index (κ3) is 3.97. The fraction of sp³-hybridized carbons (Fsp3) is 0.294. The Labute approximate surface area is 129 Å². The summed E-state index contributed by atoms with van der Waals surface area (Å²) in [4.78, 5) is 23.7. The van der Waals surface area contributed by atoms with Crippen LogP contribution < -0.4 is 5.32 Å². The Morgan fingerprint density at radius 2 is 1.91 bits per heavy atom. The van der Waals surface area contributed by atoms with Crippen LogP contribution in [0.1, 0.15) is 40.4 Å². The SMILES string of the molecule is Cc1cc(C(=O)OCC(=O)N[C@H](C)c2ccccc2)c(C)o1. The van der Waals surface area contributed by atoms with Gasteiger partial charge in [-0.25, -0.2) is 4.79 Å². The fourth-order valence-corrected chi connectivity index (χ4v) is 2.15. The van der Waals surface area contributed by atoms with Gasteiger partial charge in [-0.15, -0.1) is 0 Å². The van der Waals surface area contributed by atoms with Gasteiger partial charge in [0.05, 0.1) is 6.04 Å². The minimum atomic E-state index is -0.558. The Balaban J connectivity index is 1.85. The summed E-state index contributed by atoms with van der Waals surface area (Å²) in [7, 11) is 0. The average molecular weight is 301 g/mol. The molecule has 1 atom stereocenters. The van der Waals surface area contributed by atoms with Crippen LogP contribution in [0.2, 0.25) is 0 Å². The van der Waals surface area contributed by atoms with Gasteiger partial charge in [-0.1, -0.05) is 30.3 Å². The van der Waals surface area contributed by atoms with E-state index in [-0.39, 0.29) is 18.6 Å². The molecule has 0 saturated heterocycles.